The molecular weight excluding hydrogens is 196 g/mol. The number of amides is 1. The monoisotopic (exact) mass is 208 g/mol. The highest BCUT2D eigenvalue weighted by atomic mass is 32.1. The van der Waals surface area contributed by atoms with Gasteiger partial charge in [0.1, 0.15) is 0 Å². The largest absolute Gasteiger partial charge is 0.333 e. The minimum absolute atomic E-state index is 0.167. The first-order chi connectivity index (χ1) is 6.77. The fraction of sp³-hybridized carbons (Fsp3) is 0.500. The van der Waals surface area contributed by atoms with Gasteiger partial charge in [-0.1, -0.05) is 6.07 Å². The molecule has 2 N–H and O–H groups in total. The summed E-state index contributed by atoms with van der Waals surface area (Å²) in [5.41, 5.74) is 5.92. The van der Waals surface area contributed by atoms with E-state index < -0.39 is 0 Å². The number of nitrogens with zero attached hydrogens (tertiary/aromatic N) is 1. The van der Waals surface area contributed by atoms with Crippen molar-refractivity contribution in [3.05, 3.63) is 22.4 Å². The van der Waals surface area contributed by atoms with Crippen LogP contribution in [0.1, 0.15) is 16.1 Å². The average molecular weight is 208 g/mol. The molecule has 14 heavy (non-hydrogen) atoms. The average Bonchev–Trinajstić information content (AvgIpc) is 2.89. The van der Waals surface area contributed by atoms with Gasteiger partial charge in [-0.3, -0.25) is 4.79 Å². The number of hydrogen-bond donors (Lipinski definition) is 1. The molecule has 1 aromatic rings. The van der Waals surface area contributed by atoms with E-state index in [0.717, 1.165) is 17.8 Å². The first-order valence-electron chi connectivity index (χ1n) is 4.87. The van der Waals surface area contributed by atoms with Crippen molar-refractivity contribution >= 4 is 17.2 Å². The summed E-state index contributed by atoms with van der Waals surface area (Å²) >= 11 is 1.51. The Hall–Kier alpha value is -0.870. The summed E-state index contributed by atoms with van der Waals surface area (Å²) in [4.78, 5) is 14.8. The highest BCUT2D eigenvalue weighted by Crippen LogP contribution is 2.40. The Balaban J connectivity index is 1.82. The van der Waals surface area contributed by atoms with Crippen molar-refractivity contribution in [3.8, 4) is 0 Å². The van der Waals surface area contributed by atoms with E-state index in [4.69, 9.17) is 5.73 Å². The van der Waals surface area contributed by atoms with Crippen LogP contribution in [0.25, 0.3) is 0 Å². The van der Waals surface area contributed by atoms with Crippen LogP contribution in [0.15, 0.2) is 17.5 Å². The molecule has 2 aliphatic heterocycles. The summed E-state index contributed by atoms with van der Waals surface area (Å²) in [6.07, 6.45) is 1.11. The standard InChI is InChI=1S/C10H12N2OS/c11-9-6-4-7(9)12(5-6)10(13)8-2-1-3-14-8/h1-3,6-7,9H,4-5,11H2. The molecule has 2 bridgehead atoms. The van der Waals surface area contributed by atoms with Gasteiger partial charge >= 0.3 is 0 Å². The lowest BCUT2D eigenvalue weighted by Gasteiger charge is -2.33. The normalized spacial score (nSPS) is 34.4. The molecule has 2 saturated heterocycles. The van der Waals surface area contributed by atoms with Crippen molar-refractivity contribution in [2.24, 2.45) is 11.7 Å². The summed E-state index contributed by atoms with van der Waals surface area (Å²) in [5.74, 6) is 0.726. The minimum Gasteiger partial charge on any atom is -0.333 e. The molecule has 1 aliphatic carbocycles. The summed E-state index contributed by atoms with van der Waals surface area (Å²) in [7, 11) is 0. The highest BCUT2D eigenvalue weighted by Gasteiger charge is 2.51. The molecule has 3 unspecified atom stereocenters. The number of thiophene rings is 1. The van der Waals surface area contributed by atoms with Crippen molar-refractivity contribution in [1.29, 1.82) is 0 Å². The third-order valence-electron chi connectivity index (χ3n) is 3.36. The molecule has 0 spiro atoms. The molecule has 74 valence electrons. The molecule has 0 radical (unpaired) electrons. The SMILES string of the molecule is NC1C2CC1N(C(=O)c1cccs1)C2. The molecule has 3 heterocycles. The van der Waals surface area contributed by atoms with Crippen molar-refractivity contribution < 1.29 is 4.79 Å². The van der Waals surface area contributed by atoms with E-state index in [0.29, 0.717) is 12.0 Å². The van der Waals surface area contributed by atoms with E-state index in [9.17, 15) is 4.79 Å². The zero-order chi connectivity index (χ0) is 9.71. The molecule has 1 saturated carbocycles. The van der Waals surface area contributed by atoms with Gasteiger partial charge in [0, 0.05) is 18.6 Å². The fourth-order valence-corrected chi connectivity index (χ4v) is 3.12. The molecule has 1 aromatic heterocycles. The number of carbonyl (C=O) groups is 1. The van der Waals surface area contributed by atoms with Crippen LogP contribution < -0.4 is 5.73 Å². The van der Waals surface area contributed by atoms with Gasteiger partial charge in [-0.15, -0.1) is 11.3 Å². The van der Waals surface area contributed by atoms with Gasteiger partial charge < -0.3 is 10.6 Å². The lowest BCUT2D eigenvalue weighted by atomic mass is 9.81. The van der Waals surface area contributed by atoms with Crippen LogP contribution in [0.5, 0.6) is 0 Å². The van der Waals surface area contributed by atoms with E-state index in [1.807, 2.05) is 22.4 Å². The van der Waals surface area contributed by atoms with Gasteiger partial charge in [0.25, 0.3) is 5.91 Å². The van der Waals surface area contributed by atoms with E-state index >= 15 is 0 Å². The van der Waals surface area contributed by atoms with Crippen LogP contribution in [-0.2, 0) is 0 Å². The number of hydrogen-bond acceptors (Lipinski definition) is 3. The number of fused-ring (bicyclic) bond motifs is 1. The Morgan fingerprint density at radius 2 is 2.50 bits per heavy atom. The number of carbonyl (C=O) groups excluding carboxylic acids is 1. The predicted molar refractivity (Wildman–Crippen MR) is 55.2 cm³/mol. The Labute approximate surface area is 86.5 Å². The van der Waals surface area contributed by atoms with Gasteiger partial charge in [-0.05, 0) is 23.8 Å². The Morgan fingerprint density at radius 1 is 1.64 bits per heavy atom. The molecule has 3 atom stereocenters. The van der Waals surface area contributed by atoms with Crippen molar-refractivity contribution in [2.45, 2.75) is 18.5 Å². The maximum absolute atomic E-state index is 12.0. The molecule has 1 amide bonds. The minimum atomic E-state index is 0.167. The van der Waals surface area contributed by atoms with Crippen molar-refractivity contribution in [2.75, 3.05) is 6.54 Å². The summed E-state index contributed by atoms with van der Waals surface area (Å²) in [5, 5.41) is 1.94. The third-order valence-corrected chi connectivity index (χ3v) is 4.22. The first kappa shape index (κ1) is 8.44. The highest BCUT2D eigenvalue weighted by molar-refractivity contribution is 7.12. The van der Waals surface area contributed by atoms with Crippen LogP contribution in [-0.4, -0.2) is 29.4 Å². The van der Waals surface area contributed by atoms with Crippen molar-refractivity contribution in [3.63, 3.8) is 0 Å². The van der Waals surface area contributed by atoms with Gasteiger partial charge in [-0.2, -0.15) is 0 Å². The lowest BCUT2D eigenvalue weighted by Crippen LogP contribution is -2.50. The van der Waals surface area contributed by atoms with Crippen molar-refractivity contribution in [1.82, 2.24) is 4.90 Å². The van der Waals surface area contributed by atoms with Gasteiger partial charge in [-0.25, -0.2) is 0 Å². The lowest BCUT2D eigenvalue weighted by molar-refractivity contribution is 0.0743. The Kier molecular flexibility index (Phi) is 1.69. The number of nitrogens with two attached hydrogens (primary N) is 1. The molecule has 4 heteroatoms. The molecule has 3 fully saturated rings. The van der Waals surface area contributed by atoms with Crippen LogP contribution in [0.2, 0.25) is 0 Å². The zero-order valence-electron chi connectivity index (χ0n) is 7.72. The second-order valence-electron chi connectivity index (χ2n) is 4.08. The van der Waals surface area contributed by atoms with Gasteiger partial charge in [0.05, 0.1) is 4.88 Å². The van der Waals surface area contributed by atoms with Crippen LogP contribution >= 0.6 is 11.3 Å². The maximum atomic E-state index is 12.0. The molecule has 3 nitrogen and oxygen atoms in total. The Bertz CT molecular complexity index is 362. The van der Waals surface area contributed by atoms with E-state index in [2.05, 4.69) is 0 Å². The van der Waals surface area contributed by atoms with Crippen LogP contribution in [0.4, 0.5) is 0 Å². The van der Waals surface area contributed by atoms with E-state index in [1.54, 1.807) is 0 Å². The smallest absolute Gasteiger partial charge is 0.264 e. The maximum Gasteiger partial charge on any atom is 0.264 e. The number of rotatable bonds is 1. The second-order valence-corrected chi connectivity index (χ2v) is 5.02. The predicted octanol–water partition coefficient (Wildman–Crippen LogP) is 0.920. The van der Waals surface area contributed by atoms with E-state index in [1.165, 1.54) is 11.3 Å². The van der Waals surface area contributed by atoms with Gasteiger partial charge in [0.15, 0.2) is 0 Å². The first-order valence-corrected chi connectivity index (χ1v) is 5.75. The second kappa shape index (κ2) is 2.81. The molecule has 4 rings (SSSR count). The Morgan fingerprint density at radius 3 is 3.00 bits per heavy atom. The fourth-order valence-electron chi connectivity index (χ4n) is 2.44. The topological polar surface area (TPSA) is 46.3 Å². The van der Waals surface area contributed by atoms with E-state index in [-0.39, 0.29) is 11.9 Å². The summed E-state index contributed by atoms with van der Waals surface area (Å²) in [6.45, 7) is 0.864. The summed E-state index contributed by atoms with van der Waals surface area (Å²) in [6, 6.07) is 4.35. The zero-order valence-corrected chi connectivity index (χ0v) is 8.54. The van der Waals surface area contributed by atoms with Crippen LogP contribution in [0, 0.1) is 5.92 Å². The van der Waals surface area contributed by atoms with Crippen LogP contribution in [0.3, 0.4) is 0 Å². The van der Waals surface area contributed by atoms with Gasteiger partial charge in [0.2, 0.25) is 0 Å². The molecular formula is C10H12N2OS. The quantitative estimate of drug-likeness (QED) is 0.746. The summed E-state index contributed by atoms with van der Waals surface area (Å²) < 4.78 is 0. The molecule has 3 aliphatic rings. The third kappa shape index (κ3) is 0.980. The molecule has 0 aromatic carbocycles.